The van der Waals surface area contributed by atoms with Gasteiger partial charge in [0.25, 0.3) is 0 Å². The van der Waals surface area contributed by atoms with Gasteiger partial charge in [-0.2, -0.15) is 0 Å². The molecule has 1 saturated heterocycles. The fraction of sp³-hybridized carbons (Fsp3) is 0.933. The average Bonchev–Trinajstić information content (AvgIpc) is 2.44. The van der Waals surface area contributed by atoms with Crippen molar-refractivity contribution in [2.24, 2.45) is 0 Å². The first kappa shape index (κ1) is 15.6. The van der Waals surface area contributed by atoms with Crippen LogP contribution >= 0.6 is 0 Å². The van der Waals surface area contributed by atoms with Crippen molar-refractivity contribution in [3.63, 3.8) is 0 Å². The maximum atomic E-state index is 11.9. The Labute approximate surface area is 122 Å². The second-order valence-electron chi connectivity index (χ2n) is 6.08. The molecule has 0 aromatic carbocycles. The van der Waals surface area contributed by atoms with Gasteiger partial charge in [-0.1, -0.05) is 13.3 Å². The Morgan fingerprint density at radius 1 is 1.30 bits per heavy atom. The first-order chi connectivity index (χ1) is 9.69. The average molecular weight is 283 g/mol. The standard InChI is InChI=1S/C15H29N3O2/c1-3-18-10-5-4-7-13(18)11-16-14(19)17-12-15(20-2)8-6-9-15/h13H,3-12H2,1-2H3,(H2,16,17,19)/t13-/m1/s1. The molecule has 5 heteroatoms. The zero-order valence-electron chi connectivity index (χ0n) is 12.9. The predicted molar refractivity (Wildman–Crippen MR) is 79.9 cm³/mol. The summed E-state index contributed by atoms with van der Waals surface area (Å²) in [5.74, 6) is 0. The van der Waals surface area contributed by atoms with E-state index in [9.17, 15) is 4.79 Å². The minimum absolute atomic E-state index is 0.0602. The van der Waals surface area contributed by atoms with E-state index in [4.69, 9.17) is 4.74 Å². The van der Waals surface area contributed by atoms with E-state index in [0.29, 0.717) is 12.6 Å². The lowest BCUT2D eigenvalue weighted by atomic mass is 9.80. The molecule has 2 N–H and O–H groups in total. The SMILES string of the molecule is CCN1CCCC[C@@H]1CNC(=O)NCC1(OC)CCC1. The van der Waals surface area contributed by atoms with Crippen LogP contribution in [0.3, 0.4) is 0 Å². The monoisotopic (exact) mass is 283 g/mol. The van der Waals surface area contributed by atoms with Crippen LogP contribution in [0.25, 0.3) is 0 Å². The van der Waals surface area contributed by atoms with Gasteiger partial charge in [0.05, 0.1) is 5.60 Å². The van der Waals surface area contributed by atoms with Crippen molar-refractivity contribution in [3.8, 4) is 0 Å². The maximum absolute atomic E-state index is 11.9. The molecule has 2 aliphatic rings. The molecule has 1 aliphatic heterocycles. The second-order valence-corrected chi connectivity index (χ2v) is 6.08. The van der Waals surface area contributed by atoms with Gasteiger partial charge in [0.1, 0.15) is 0 Å². The van der Waals surface area contributed by atoms with E-state index in [-0.39, 0.29) is 11.6 Å². The smallest absolute Gasteiger partial charge is 0.314 e. The molecule has 0 aromatic heterocycles. The number of rotatable bonds is 6. The minimum atomic E-state index is -0.0996. The van der Waals surface area contributed by atoms with E-state index in [2.05, 4.69) is 22.5 Å². The number of carbonyl (C=O) groups excluding carboxylic acids is 1. The first-order valence-electron chi connectivity index (χ1n) is 8.00. The molecule has 20 heavy (non-hydrogen) atoms. The van der Waals surface area contributed by atoms with Crippen molar-refractivity contribution in [1.82, 2.24) is 15.5 Å². The van der Waals surface area contributed by atoms with E-state index < -0.39 is 0 Å². The molecule has 1 aliphatic carbocycles. The number of urea groups is 1. The highest BCUT2D eigenvalue weighted by Gasteiger charge is 2.37. The van der Waals surface area contributed by atoms with Crippen molar-refractivity contribution in [1.29, 1.82) is 0 Å². The number of methoxy groups -OCH3 is 1. The third kappa shape index (κ3) is 3.85. The van der Waals surface area contributed by atoms with Gasteiger partial charge in [0, 0.05) is 26.2 Å². The summed E-state index contributed by atoms with van der Waals surface area (Å²) < 4.78 is 5.50. The van der Waals surface area contributed by atoms with Crippen molar-refractivity contribution in [3.05, 3.63) is 0 Å². The third-order valence-electron chi connectivity index (χ3n) is 4.92. The molecule has 5 nitrogen and oxygen atoms in total. The minimum Gasteiger partial charge on any atom is -0.376 e. The Morgan fingerprint density at radius 2 is 2.10 bits per heavy atom. The van der Waals surface area contributed by atoms with Gasteiger partial charge in [0.15, 0.2) is 0 Å². The third-order valence-corrected chi connectivity index (χ3v) is 4.92. The van der Waals surface area contributed by atoms with Crippen molar-refractivity contribution >= 4 is 6.03 Å². The first-order valence-corrected chi connectivity index (χ1v) is 8.00. The highest BCUT2D eigenvalue weighted by molar-refractivity contribution is 5.73. The van der Waals surface area contributed by atoms with Crippen LogP contribution in [0.15, 0.2) is 0 Å². The number of likely N-dealkylation sites (N-methyl/N-ethyl adjacent to an activating group) is 1. The summed E-state index contributed by atoms with van der Waals surface area (Å²) in [6, 6.07) is 0.439. The van der Waals surface area contributed by atoms with Crippen LogP contribution in [-0.2, 0) is 4.74 Å². The van der Waals surface area contributed by atoms with Gasteiger partial charge in [-0.05, 0) is 45.2 Å². The summed E-state index contributed by atoms with van der Waals surface area (Å²) in [5.41, 5.74) is -0.0996. The van der Waals surface area contributed by atoms with Crippen LogP contribution in [-0.4, -0.2) is 55.9 Å². The molecule has 116 valence electrons. The summed E-state index contributed by atoms with van der Waals surface area (Å²) in [6.45, 7) is 5.80. The van der Waals surface area contributed by atoms with E-state index in [1.54, 1.807) is 7.11 Å². The van der Waals surface area contributed by atoms with Crippen LogP contribution in [0.1, 0.15) is 45.4 Å². The lowest BCUT2D eigenvalue weighted by Gasteiger charge is -2.40. The molecule has 2 amide bonds. The normalized spacial score (nSPS) is 25.8. The summed E-state index contributed by atoms with van der Waals surface area (Å²) in [7, 11) is 1.74. The van der Waals surface area contributed by atoms with Crippen LogP contribution in [0, 0.1) is 0 Å². The molecule has 0 spiro atoms. The van der Waals surface area contributed by atoms with Crippen LogP contribution < -0.4 is 10.6 Å². The summed E-state index contributed by atoms with van der Waals surface area (Å²) >= 11 is 0. The van der Waals surface area contributed by atoms with Crippen LogP contribution in [0.2, 0.25) is 0 Å². The Morgan fingerprint density at radius 3 is 2.70 bits per heavy atom. The summed E-state index contributed by atoms with van der Waals surface area (Å²) in [6.07, 6.45) is 7.05. The molecule has 0 bridgehead atoms. The number of likely N-dealkylation sites (tertiary alicyclic amines) is 1. The van der Waals surface area contributed by atoms with Crippen molar-refractivity contribution in [2.75, 3.05) is 33.3 Å². The molecule has 2 rings (SSSR count). The Hall–Kier alpha value is -0.810. The van der Waals surface area contributed by atoms with Crippen molar-refractivity contribution < 1.29 is 9.53 Å². The molecule has 1 heterocycles. The molecule has 0 unspecified atom stereocenters. The van der Waals surface area contributed by atoms with E-state index in [1.807, 2.05) is 0 Å². The Kier molecular flexibility index (Phi) is 5.66. The molecule has 2 fully saturated rings. The number of nitrogens with zero attached hydrogens (tertiary/aromatic N) is 1. The van der Waals surface area contributed by atoms with Gasteiger partial charge < -0.3 is 15.4 Å². The zero-order valence-corrected chi connectivity index (χ0v) is 12.9. The van der Waals surface area contributed by atoms with Gasteiger partial charge in [-0.25, -0.2) is 4.79 Å². The Balaban J connectivity index is 1.66. The quantitative estimate of drug-likeness (QED) is 0.780. The van der Waals surface area contributed by atoms with Crippen molar-refractivity contribution in [2.45, 2.75) is 57.1 Å². The Bertz CT molecular complexity index is 313. The molecule has 1 atom stereocenters. The summed E-state index contributed by atoms with van der Waals surface area (Å²) in [4.78, 5) is 14.4. The number of piperidine rings is 1. The topological polar surface area (TPSA) is 53.6 Å². The molecular formula is C15H29N3O2. The fourth-order valence-electron chi connectivity index (χ4n) is 3.25. The molecule has 0 radical (unpaired) electrons. The lowest BCUT2D eigenvalue weighted by molar-refractivity contribution is -0.0674. The second kappa shape index (κ2) is 7.27. The number of hydrogen-bond acceptors (Lipinski definition) is 3. The largest absolute Gasteiger partial charge is 0.376 e. The highest BCUT2D eigenvalue weighted by atomic mass is 16.5. The van der Waals surface area contributed by atoms with Crippen LogP contribution in [0.5, 0.6) is 0 Å². The predicted octanol–water partition coefficient (Wildman–Crippen LogP) is 1.73. The zero-order chi connectivity index (χ0) is 14.4. The number of nitrogens with one attached hydrogen (secondary N) is 2. The van der Waals surface area contributed by atoms with Crippen LogP contribution in [0.4, 0.5) is 4.79 Å². The van der Waals surface area contributed by atoms with Gasteiger partial charge in [-0.3, -0.25) is 4.90 Å². The van der Waals surface area contributed by atoms with Gasteiger partial charge in [0.2, 0.25) is 0 Å². The van der Waals surface area contributed by atoms with Gasteiger partial charge in [-0.15, -0.1) is 0 Å². The molecule has 0 aromatic rings. The van der Waals surface area contributed by atoms with Gasteiger partial charge >= 0.3 is 6.03 Å². The number of carbonyl (C=O) groups is 1. The van der Waals surface area contributed by atoms with E-state index in [1.165, 1.54) is 25.7 Å². The lowest BCUT2D eigenvalue weighted by Crippen LogP contribution is -2.53. The number of amides is 2. The maximum Gasteiger partial charge on any atom is 0.314 e. The number of hydrogen-bond donors (Lipinski definition) is 2. The number of ether oxygens (including phenoxy) is 1. The van der Waals surface area contributed by atoms with E-state index >= 15 is 0 Å². The molecule has 1 saturated carbocycles. The fourth-order valence-corrected chi connectivity index (χ4v) is 3.25. The molecular weight excluding hydrogens is 254 g/mol. The highest BCUT2D eigenvalue weighted by Crippen LogP contribution is 2.34. The summed E-state index contributed by atoms with van der Waals surface area (Å²) in [5, 5.41) is 5.97. The van der Waals surface area contributed by atoms with E-state index in [0.717, 1.165) is 32.5 Å².